The second kappa shape index (κ2) is 5.73. The molecule has 1 saturated heterocycles. The predicted molar refractivity (Wildman–Crippen MR) is 70.4 cm³/mol. The Hall–Kier alpha value is -2.04. The summed E-state index contributed by atoms with van der Waals surface area (Å²) in [4.78, 5) is 25.4. The van der Waals surface area contributed by atoms with E-state index in [1.807, 2.05) is 6.92 Å². The Balaban J connectivity index is 2.07. The van der Waals surface area contributed by atoms with Crippen molar-refractivity contribution in [3.8, 4) is 5.75 Å². The van der Waals surface area contributed by atoms with Gasteiger partial charge in [-0.3, -0.25) is 9.59 Å². The Labute approximate surface area is 112 Å². The lowest BCUT2D eigenvalue weighted by Gasteiger charge is -2.32. The molecule has 102 valence electrons. The number of rotatable bonds is 4. The molecule has 2 rings (SSSR count). The average Bonchev–Trinajstić information content (AvgIpc) is 2.38. The Kier molecular flexibility index (Phi) is 4.04. The lowest BCUT2D eigenvalue weighted by molar-refractivity contribution is -0.145. The smallest absolute Gasteiger partial charge is 0.245 e. The minimum absolute atomic E-state index is 0.0328. The first-order valence-corrected chi connectivity index (χ1v) is 6.46. The molecule has 5 nitrogen and oxygen atoms in total. The number of phenols is 1. The number of aromatic hydroxyl groups is 1. The van der Waals surface area contributed by atoms with E-state index in [1.54, 1.807) is 29.2 Å². The van der Waals surface area contributed by atoms with Gasteiger partial charge >= 0.3 is 0 Å². The van der Waals surface area contributed by atoms with E-state index in [-0.39, 0.29) is 24.1 Å². The van der Waals surface area contributed by atoms with Gasteiger partial charge in [-0.05, 0) is 24.1 Å². The molecule has 1 fully saturated rings. The second-order valence-corrected chi connectivity index (χ2v) is 4.77. The lowest BCUT2D eigenvalue weighted by Crippen LogP contribution is -2.57. The van der Waals surface area contributed by atoms with Crippen molar-refractivity contribution in [2.75, 3.05) is 6.54 Å². The molecule has 2 amide bonds. The summed E-state index contributed by atoms with van der Waals surface area (Å²) in [5.41, 5.74) is 0.899. The standard InChI is InChI=1S/C14H18N2O3/c1-2-3-12-14(19)16(9-13(18)15-12)8-10-4-6-11(17)7-5-10/h4-7,12,17H,2-3,8-9H2,1H3,(H,15,18). The summed E-state index contributed by atoms with van der Waals surface area (Å²) in [7, 11) is 0. The van der Waals surface area contributed by atoms with Gasteiger partial charge in [-0.2, -0.15) is 0 Å². The molecule has 19 heavy (non-hydrogen) atoms. The van der Waals surface area contributed by atoms with Crippen LogP contribution >= 0.6 is 0 Å². The lowest BCUT2D eigenvalue weighted by atomic mass is 10.1. The highest BCUT2D eigenvalue weighted by Gasteiger charge is 2.31. The molecule has 1 aromatic carbocycles. The van der Waals surface area contributed by atoms with Crippen molar-refractivity contribution in [2.24, 2.45) is 0 Å². The second-order valence-electron chi connectivity index (χ2n) is 4.77. The van der Waals surface area contributed by atoms with E-state index in [0.717, 1.165) is 12.0 Å². The van der Waals surface area contributed by atoms with Gasteiger partial charge in [-0.15, -0.1) is 0 Å². The van der Waals surface area contributed by atoms with Crippen LogP contribution in [0.3, 0.4) is 0 Å². The molecule has 1 heterocycles. The zero-order chi connectivity index (χ0) is 13.8. The Morgan fingerprint density at radius 1 is 1.32 bits per heavy atom. The van der Waals surface area contributed by atoms with Crippen LogP contribution in [0.4, 0.5) is 0 Å². The highest BCUT2D eigenvalue weighted by atomic mass is 16.3. The third-order valence-electron chi connectivity index (χ3n) is 3.17. The summed E-state index contributed by atoms with van der Waals surface area (Å²) in [6, 6.07) is 6.26. The quantitative estimate of drug-likeness (QED) is 0.851. The van der Waals surface area contributed by atoms with Crippen LogP contribution in [-0.2, 0) is 16.1 Å². The van der Waals surface area contributed by atoms with Crippen LogP contribution in [-0.4, -0.2) is 34.4 Å². The third-order valence-corrected chi connectivity index (χ3v) is 3.17. The van der Waals surface area contributed by atoms with Gasteiger partial charge in [-0.25, -0.2) is 0 Å². The fourth-order valence-corrected chi connectivity index (χ4v) is 2.21. The highest BCUT2D eigenvalue weighted by Crippen LogP contribution is 2.15. The molecule has 0 bridgehead atoms. The maximum absolute atomic E-state index is 12.2. The fraction of sp³-hybridized carbons (Fsp3) is 0.429. The van der Waals surface area contributed by atoms with Gasteiger partial charge in [0.2, 0.25) is 11.8 Å². The summed E-state index contributed by atoms with van der Waals surface area (Å²) in [5, 5.41) is 11.9. The van der Waals surface area contributed by atoms with Crippen LogP contribution in [0.25, 0.3) is 0 Å². The number of nitrogens with one attached hydrogen (secondary N) is 1. The van der Waals surface area contributed by atoms with Crippen LogP contribution in [0, 0.1) is 0 Å². The molecular formula is C14H18N2O3. The predicted octanol–water partition coefficient (Wildman–Crippen LogP) is 1.02. The first-order valence-electron chi connectivity index (χ1n) is 6.46. The number of hydrogen-bond acceptors (Lipinski definition) is 3. The number of carbonyl (C=O) groups excluding carboxylic acids is 2. The third kappa shape index (κ3) is 3.24. The number of phenolic OH excluding ortho intramolecular Hbond substituents is 1. The van der Waals surface area contributed by atoms with E-state index in [1.165, 1.54) is 0 Å². The van der Waals surface area contributed by atoms with E-state index in [4.69, 9.17) is 0 Å². The molecule has 1 aliphatic heterocycles. The first kappa shape index (κ1) is 13.4. The SMILES string of the molecule is CCCC1NC(=O)CN(Cc2ccc(O)cc2)C1=O. The normalized spacial score (nSPS) is 19.4. The molecule has 0 aromatic heterocycles. The van der Waals surface area contributed by atoms with Crippen molar-refractivity contribution in [1.82, 2.24) is 10.2 Å². The van der Waals surface area contributed by atoms with Crippen molar-refractivity contribution in [3.05, 3.63) is 29.8 Å². The molecular weight excluding hydrogens is 244 g/mol. The number of amides is 2. The van der Waals surface area contributed by atoms with Crippen molar-refractivity contribution in [3.63, 3.8) is 0 Å². The molecule has 0 radical (unpaired) electrons. The zero-order valence-corrected chi connectivity index (χ0v) is 10.9. The average molecular weight is 262 g/mol. The van der Waals surface area contributed by atoms with Crippen LogP contribution < -0.4 is 5.32 Å². The fourth-order valence-electron chi connectivity index (χ4n) is 2.21. The zero-order valence-electron chi connectivity index (χ0n) is 10.9. The molecule has 1 aromatic rings. The number of hydrogen-bond donors (Lipinski definition) is 2. The van der Waals surface area contributed by atoms with Gasteiger partial charge in [0, 0.05) is 6.54 Å². The summed E-state index contributed by atoms with van der Waals surface area (Å²) >= 11 is 0. The molecule has 0 aliphatic carbocycles. The van der Waals surface area contributed by atoms with Crippen molar-refractivity contribution in [2.45, 2.75) is 32.4 Å². The van der Waals surface area contributed by atoms with Crippen molar-refractivity contribution in [1.29, 1.82) is 0 Å². The topological polar surface area (TPSA) is 69.6 Å². The van der Waals surface area contributed by atoms with Gasteiger partial charge in [-0.1, -0.05) is 25.5 Å². The van der Waals surface area contributed by atoms with Gasteiger partial charge in [0.25, 0.3) is 0 Å². The van der Waals surface area contributed by atoms with E-state index in [0.29, 0.717) is 13.0 Å². The Morgan fingerprint density at radius 2 is 2.00 bits per heavy atom. The van der Waals surface area contributed by atoms with Crippen LogP contribution in [0.5, 0.6) is 5.75 Å². The van der Waals surface area contributed by atoms with E-state index < -0.39 is 6.04 Å². The van der Waals surface area contributed by atoms with Crippen LogP contribution in [0.15, 0.2) is 24.3 Å². The minimum Gasteiger partial charge on any atom is -0.508 e. The van der Waals surface area contributed by atoms with E-state index >= 15 is 0 Å². The van der Waals surface area contributed by atoms with Gasteiger partial charge in [0.1, 0.15) is 11.8 Å². The van der Waals surface area contributed by atoms with Gasteiger partial charge < -0.3 is 15.3 Å². The number of benzene rings is 1. The summed E-state index contributed by atoms with van der Waals surface area (Å²) in [5.74, 6) is 0.0432. The van der Waals surface area contributed by atoms with Crippen LogP contribution in [0.1, 0.15) is 25.3 Å². The molecule has 1 aliphatic rings. The molecule has 5 heteroatoms. The maximum Gasteiger partial charge on any atom is 0.245 e. The van der Waals surface area contributed by atoms with E-state index in [9.17, 15) is 14.7 Å². The van der Waals surface area contributed by atoms with E-state index in [2.05, 4.69) is 5.32 Å². The molecule has 1 unspecified atom stereocenters. The maximum atomic E-state index is 12.2. The van der Waals surface area contributed by atoms with Crippen LogP contribution in [0.2, 0.25) is 0 Å². The summed E-state index contributed by atoms with van der Waals surface area (Å²) in [6.45, 7) is 2.48. The Morgan fingerprint density at radius 3 is 2.63 bits per heavy atom. The molecule has 2 N–H and O–H groups in total. The van der Waals surface area contributed by atoms with Gasteiger partial charge in [0.15, 0.2) is 0 Å². The monoisotopic (exact) mass is 262 g/mol. The molecule has 0 saturated carbocycles. The first-order chi connectivity index (χ1) is 9.10. The highest BCUT2D eigenvalue weighted by molar-refractivity contribution is 5.94. The largest absolute Gasteiger partial charge is 0.508 e. The Bertz CT molecular complexity index is 470. The van der Waals surface area contributed by atoms with Crippen molar-refractivity contribution >= 4 is 11.8 Å². The summed E-state index contributed by atoms with van der Waals surface area (Å²) < 4.78 is 0. The summed E-state index contributed by atoms with van der Waals surface area (Å²) in [6.07, 6.45) is 1.51. The van der Waals surface area contributed by atoms with Crippen molar-refractivity contribution < 1.29 is 14.7 Å². The number of carbonyl (C=O) groups is 2. The number of nitrogens with zero attached hydrogens (tertiary/aromatic N) is 1. The molecule has 0 spiro atoms. The molecule has 1 atom stereocenters. The van der Waals surface area contributed by atoms with Gasteiger partial charge in [0.05, 0.1) is 6.54 Å². The minimum atomic E-state index is -0.400. The number of piperazine rings is 1.